The predicted octanol–water partition coefficient (Wildman–Crippen LogP) is 0.836. The molecule has 0 aromatic carbocycles. The zero-order chi connectivity index (χ0) is 12.8. The minimum atomic E-state index is 0. The van der Waals surface area contributed by atoms with Crippen LogP contribution in [-0.2, 0) is 0 Å². The molecule has 112 valence electrons. The molecule has 0 fully saturated rings. The summed E-state index contributed by atoms with van der Waals surface area (Å²) in [6, 6.07) is 0. The number of rotatable bonds is 13. The van der Waals surface area contributed by atoms with Gasteiger partial charge in [-0.3, -0.25) is 0 Å². The van der Waals surface area contributed by atoms with Crippen molar-refractivity contribution in [1.82, 2.24) is 0 Å². The summed E-state index contributed by atoms with van der Waals surface area (Å²) >= 11 is 0. The first-order valence-electron chi connectivity index (χ1n) is 8.06. The number of hydrogen-bond donors (Lipinski definition) is 1. The van der Waals surface area contributed by atoms with Crippen LogP contribution in [0.5, 0.6) is 0 Å². The van der Waals surface area contributed by atoms with Crippen LogP contribution < -0.4 is 28.9 Å². The molecule has 0 saturated heterocycles. The highest BCUT2D eigenvalue weighted by atomic mass is 127. The van der Waals surface area contributed by atoms with Gasteiger partial charge in [0.2, 0.25) is 0 Å². The van der Waals surface area contributed by atoms with Crippen LogP contribution in [0.25, 0.3) is 0 Å². The topological polar surface area (TPSA) is 4.44 Å². The number of nitrogens with one attached hydrogen (secondary N) is 1. The van der Waals surface area contributed by atoms with Gasteiger partial charge in [0.05, 0.1) is 20.6 Å². The molecule has 18 heavy (non-hydrogen) atoms. The van der Waals surface area contributed by atoms with E-state index in [1.54, 1.807) is 4.90 Å². The smallest absolute Gasteiger partial charge is 0.0766 e. The van der Waals surface area contributed by atoms with Gasteiger partial charge >= 0.3 is 0 Å². The van der Waals surface area contributed by atoms with Crippen LogP contribution in [0.3, 0.4) is 0 Å². The van der Waals surface area contributed by atoms with Gasteiger partial charge in [-0.25, -0.2) is 0 Å². The van der Waals surface area contributed by atoms with Gasteiger partial charge in [0, 0.05) is 0 Å². The zero-order valence-corrected chi connectivity index (χ0v) is 15.2. The Bertz CT molecular complexity index is 137. The largest absolute Gasteiger partial charge is 1.00 e. The molecule has 0 aromatic rings. The molecule has 0 atom stereocenters. The normalized spacial score (nSPS) is 10.7. The molecule has 2 heteroatoms. The van der Waals surface area contributed by atoms with Gasteiger partial charge < -0.3 is 28.9 Å². The molecule has 0 aliphatic heterocycles. The van der Waals surface area contributed by atoms with E-state index in [2.05, 4.69) is 21.0 Å². The third kappa shape index (κ3) is 19.0. The van der Waals surface area contributed by atoms with Crippen LogP contribution in [0.4, 0.5) is 0 Å². The Hall–Kier alpha value is 0.690. The van der Waals surface area contributed by atoms with E-state index in [0.717, 1.165) is 0 Å². The molecule has 1 N–H and O–H groups in total. The monoisotopic (exact) mass is 369 g/mol. The Balaban J connectivity index is 0. The van der Waals surface area contributed by atoms with E-state index in [9.17, 15) is 0 Å². The molecule has 0 radical (unpaired) electrons. The maximum Gasteiger partial charge on any atom is 0.0766 e. The Morgan fingerprint density at radius 3 is 1.22 bits per heavy atom. The van der Waals surface area contributed by atoms with E-state index in [0.29, 0.717) is 0 Å². The maximum atomic E-state index is 2.29. The molecule has 0 amide bonds. The van der Waals surface area contributed by atoms with Crippen molar-refractivity contribution < 1.29 is 28.9 Å². The summed E-state index contributed by atoms with van der Waals surface area (Å²) in [7, 11) is 4.50. The molecular weight excluding hydrogens is 333 g/mol. The summed E-state index contributed by atoms with van der Waals surface area (Å²) in [6.45, 7) is 3.63. The lowest BCUT2D eigenvalue weighted by Crippen LogP contribution is -3.05. The summed E-state index contributed by atoms with van der Waals surface area (Å²) in [5.74, 6) is 0. The van der Waals surface area contributed by atoms with E-state index in [-0.39, 0.29) is 24.0 Å². The number of quaternary nitrogens is 1. The molecule has 0 aliphatic carbocycles. The third-order valence-electron chi connectivity index (χ3n) is 3.53. The number of unbranched alkanes of at least 4 members (excludes halogenated alkanes) is 11. The van der Waals surface area contributed by atoms with Crippen molar-refractivity contribution in [2.24, 2.45) is 0 Å². The van der Waals surface area contributed by atoms with E-state index < -0.39 is 0 Å². The quantitative estimate of drug-likeness (QED) is 0.363. The minimum Gasteiger partial charge on any atom is -1.00 e. The van der Waals surface area contributed by atoms with Gasteiger partial charge in [-0.15, -0.1) is 0 Å². The molecule has 0 heterocycles. The SMILES string of the molecule is CCCCCCCCCCCCCC[NH+](C)C.[I-]. The lowest BCUT2D eigenvalue weighted by atomic mass is 10.1. The first-order valence-corrected chi connectivity index (χ1v) is 8.06. The first kappa shape index (κ1) is 21.0. The summed E-state index contributed by atoms with van der Waals surface area (Å²) < 4.78 is 0. The second kappa shape index (κ2) is 17.7. The fraction of sp³-hybridized carbons (Fsp3) is 1.00. The summed E-state index contributed by atoms with van der Waals surface area (Å²) in [5.41, 5.74) is 0. The Kier molecular flexibility index (Phi) is 20.6. The Morgan fingerprint density at radius 2 is 0.889 bits per heavy atom. The molecule has 1 nitrogen and oxygen atoms in total. The van der Waals surface area contributed by atoms with Crippen molar-refractivity contribution in [3.8, 4) is 0 Å². The molecule has 0 aromatic heterocycles. The molecule has 0 rings (SSSR count). The van der Waals surface area contributed by atoms with E-state index >= 15 is 0 Å². The second-order valence-corrected chi connectivity index (χ2v) is 5.85. The van der Waals surface area contributed by atoms with E-state index in [1.165, 1.54) is 83.6 Å². The van der Waals surface area contributed by atoms with Crippen LogP contribution in [0.15, 0.2) is 0 Å². The molecule has 0 aliphatic rings. The maximum absolute atomic E-state index is 2.29. The summed E-state index contributed by atoms with van der Waals surface area (Å²) in [6.07, 6.45) is 17.4. The number of hydrogen-bond acceptors (Lipinski definition) is 0. The highest BCUT2D eigenvalue weighted by molar-refractivity contribution is 4.48. The van der Waals surface area contributed by atoms with Crippen molar-refractivity contribution in [3.63, 3.8) is 0 Å². The highest BCUT2D eigenvalue weighted by Crippen LogP contribution is 2.11. The fourth-order valence-corrected chi connectivity index (χ4v) is 2.32. The standard InChI is InChI=1S/C16H35N.HI/c1-4-5-6-7-8-9-10-11-12-13-14-15-16-17(2)3;/h4-16H2,1-3H3;1H. The van der Waals surface area contributed by atoms with Crippen molar-refractivity contribution in [3.05, 3.63) is 0 Å². The molecule has 0 spiro atoms. The average Bonchev–Trinajstić information content (AvgIpc) is 2.30. The molecule has 0 bridgehead atoms. The van der Waals surface area contributed by atoms with Crippen LogP contribution in [0.2, 0.25) is 0 Å². The zero-order valence-electron chi connectivity index (χ0n) is 13.1. The van der Waals surface area contributed by atoms with Crippen molar-refractivity contribution >= 4 is 0 Å². The van der Waals surface area contributed by atoms with Gasteiger partial charge in [0.25, 0.3) is 0 Å². The molecular formula is C16H36IN. The highest BCUT2D eigenvalue weighted by Gasteiger charge is 1.95. The number of halogens is 1. The second-order valence-electron chi connectivity index (χ2n) is 5.85. The fourth-order valence-electron chi connectivity index (χ4n) is 2.32. The Labute approximate surface area is 133 Å². The van der Waals surface area contributed by atoms with Crippen molar-refractivity contribution in [1.29, 1.82) is 0 Å². The average molecular weight is 369 g/mol. The molecule has 0 unspecified atom stereocenters. The van der Waals surface area contributed by atoms with E-state index in [4.69, 9.17) is 0 Å². The van der Waals surface area contributed by atoms with Crippen molar-refractivity contribution in [2.45, 2.75) is 84.0 Å². The van der Waals surface area contributed by atoms with Gasteiger partial charge in [0.1, 0.15) is 0 Å². The van der Waals surface area contributed by atoms with Gasteiger partial charge in [0.15, 0.2) is 0 Å². The summed E-state index contributed by atoms with van der Waals surface area (Å²) in [5, 5.41) is 0. The van der Waals surface area contributed by atoms with Crippen molar-refractivity contribution in [2.75, 3.05) is 20.6 Å². The van der Waals surface area contributed by atoms with Gasteiger partial charge in [-0.2, -0.15) is 0 Å². The summed E-state index contributed by atoms with van der Waals surface area (Å²) in [4.78, 5) is 1.59. The first-order chi connectivity index (χ1) is 8.27. The lowest BCUT2D eigenvalue weighted by Gasteiger charge is -2.06. The lowest BCUT2D eigenvalue weighted by molar-refractivity contribution is -0.858. The van der Waals surface area contributed by atoms with Gasteiger partial charge in [-0.1, -0.05) is 71.1 Å². The third-order valence-corrected chi connectivity index (χ3v) is 3.53. The Morgan fingerprint density at radius 1 is 0.556 bits per heavy atom. The van der Waals surface area contributed by atoms with Crippen LogP contribution in [-0.4, -0.2) is 20.6 Å². The van der Waals surface area contributed by atoms with Crippen LogP contribution in [0, 0.1) is 0 Å². The van der Waals surface area contributed by atoms with E-state index in [1.807, 2.05) is 0 Å². The van der Waals surface area contributed by atoms with Crippen LogP contribution in [0.1, 0.15) is 84.0 Å². The minimum absolute atomic E-state index is 0. The molecule has 0 saturated carbocycles. The van der Waals surface area contributed by atoms with Crippen LogP contribution >= 0.6 is 0 Å². The predicted molar refractivity (Wildman–Crippen MR) is 78.8 cm³/mol. The van der Waals surface area contributed by atoms with Gasteiger partial charge in [-0.05, 0) is 12.8 Å².